The van der Waals surface area contributed by atoms with E-state index in [4.69, 9.17) is 0 Å². The van der Waals surface area contributed by atoms with Crippen molar-refractivity contribution in [2.45, 2.75) is 24.7 Å². The van der Waals surface area contributed by atoms with Crippen LogP contribution in [0.4, 0.5) is 8.78 Å². The smallest absolute Gasteiger partial charge is 0.173 e. The third-order valence-electron chi connectivity index (χ3n) is 3.16. The van der Waals surface area contributed by atoms with Gasteiger partial charge in [0.1, 0.15) is 0 Å². The Morgan fingerprint density at radius 2 is 1.71 bits per heavy atom. The Kier molecular flexibility index (Phi) is 5.12. The molecule has 0 unspecified atom stereocenters. The van der Waals surface area contributed by atoms with E-state index in [1.54, 1.807) is 0 Å². The molecule has 2 rings (SSSR count). The standard InChI is InChI=1S/C17H16F2OS/c1-11(2)12-3-5-13(6-4-12)17(20)10-21-14-7-8-15(18)16(19)9-14/h3-9,11H,10H2,1-2H3. The number of carbonyl (C=O) groups excluding carboxylic acids is 1. The molecule has 0 N–H and O–H groups in total. The molecule has 0 aliphatic carbocycles. The molecule has 0 radical (unpaired) electrons. The number of thioether (sulfide) groups is 1. The second kappa shape index (κ2) is 6.85. The van der Waals surface area contributed by atoms with Gasteiger partial charge in [0.2, 0.25) is 0 Å². The summed E-state index contributed by atoms with van der Waals surface area (Å²) >= 11 is 1.20. The Balaban J connectivity index is 1.99. The molecule has 0 saturated carbocycles. The lowest BCUT2D eigenvalue weighted by molar-refractivity contribution is 0.102. The number of benzene rings is 2. The van der Waals surface area contributed by atoms with Gasteiger partial charge in [-0.15, -0.1) is 11.8 Å². The summed E-state index contributed by atoms with van der Waals surface area (Å²) in [5, 5.41) is 0. The van der Waals surface area contributed by atoms with Crippen molar-refractivity contribution in [3.63, 3.8) is 0 Å². The molecule has 0 aliphatic heterocycles. The Labute approximate surface area is 127 Å². The zero-order valence-electron chi connectivity index (χ0n) is 11.9. The number of hydrogen-bond donors (Lipinski definition) is 0. The highest BCUT2D eigenvalue weighted by atomic mass is 32.2. The summed E-state index contributed by atoms with van der Waals surface area (Å²) in [4.78, 5) is 12.6. The van der Waals surface area contributed by atoms with Gasteiger partial charge in [0.15, 0.2) is 17.4 Å². The fourth-order valence-corrected chi connectivity index (χ4v) is 2.67. The Morgan fingerprint density at radius 3 is 2.29 bits per heavy atom. The predicted octanol–water partition coefficient (Wildman–Crippen LogP) is 5.06. The van der Waals surface area contributed by atoms with E-state index in [1.165, 1.54) is 23.4 Å². The molecule has 0 bridgehead atoms. The average molecular weight is 306 g/mol. The molecule has 0 fully saturated rings. The number of rotatable bonds is 5. The normalized spacial score (nSPS) is 10.9. The third kappa shape index (κ3) is 4.14. The van der Waals surface area contributed by atoms with E-state index in [-0.39, 0.29) is 11.5 Å². The van der Waals surface area contributed by atoms with Crippen LogP contribution in [0.1, 0.15) is 35.7 Å². The van der Waals surface area contributed by atoms with Crippen molar-refractivity contribution >= 4 is 17.5 Å². The van der Waals surface area contributed by atoms with Crippen molar-refractivity contribution in [2.24, 2.45) is 0 Å². The van der Waals surface area contributed by atoms with Crippen molar-refractivity contribution in [1.82, 2.24) is 0 Å². The molecule has 2 aromatic carbocycles. The molecule has 0 aliphatic rings. The van der Waals surface area contributed by atoms with Crippen LogP contribution in [0.2, 0.25) is 0 Å². The minimum Gasteiger partial charge on any atom is -0.293 e. The zero-order chi connectivity index (χ0) is 15.4. The lowest BCUT2D eigenvalue weighted by Gasteiger charge is -2.06. The van der Waals surface area contributed by atoms with Crippen LogP contribution in [0, 0.1) is 11.6 Å². The first-order valence-electron chi connectivity index (χ1n) is 6.68. The molecule has 0 spiro atoms. The van der Waals surface area contributed by atoms with E-state index in [0.29, 0.717) is 16.4 Å². The molecule has 110 valence electrons. The molecule has 0 aromatic heterocycles. The molecule has 0 heterocycles. The first-order valence-corrected chi connectivity index (χ1v) is 7.67. The first kappa shape index (κ1) is 15.7. The van der Waals surface area contributed by atoms with Crippen LogP contribution in [-0.4, -0.2) is 11.5 Å². The van der Waals surface area contributed by atoms with Crippen molar-refractivity contribution in [1.29, 1.82) is 0 Å². The molecule has 0 saturated heterocycles. The quantitative estimate of drug-likeness (QED) is 0.567. The predicted molar refractivity (Wildman–Crippen MR) is 81.9 cm³/mol. The van der Waals surface area contributed by atoms with Crippen LogP contribution >= 0.6 is 11.8 Å². The molecule has 1 nitrogen and oxygen atoms in total. The number of carbonyl (C=O) groups is 1. The molecule has 0 atom stereocenters. The van der Waals surface area contributed by atoms with Gasteiger partial charge in [0.05, 0.1) is 5.75 Å². The summed E-state index contributed by atoms with van der Waals surface area (Å²) in [6.45, 7) is 4.19. The van der Waals surface area contributed by atoms with E-state index in [1.807, 2.05) is 24.3 Å². The fraction of sp³-hybridized carbons (Fsp3) is 0.235. The van der Waals surface area contributed by atoms with Gasteiger partial charge >= 0.3 is 0 Å². The number of ketones is 1. The highest BCUT2D eigenvalue weighted by Gasteiger charge is 2.09. The van der Waals surface area contributed by atoms with Crippen molar-refractivity contribution in [3.8, 4) is 0 Å². The highest BCUT2D eigenvalue weighted by Crippen LogP contribution is 2.22. The van der Waals surface area contributed by atoms with Crippen LogP contribution in [0.15, 0.2) is 47.4 Å². The van der Waals surface area contributed by atoms with Crippen LogP contribution in [0.5, 0.6) is 0 Å². The van der Waals surface area contributed by atoms with Crippen molar-refractivity contribution in [3.05, 3.63) is 65.2 Å². The van der Waals surface area contributed by atoms with Gasteiger partial charge in [-0.1, -0.05) is 38.1 Å². The minimum atomic E-state index is -0.895. The van der Waals surface area contributed by atoms with Crippen LogP contribution in [-0.2, 0) is 0 Å². The van der Waals surface area contributed by atoms with Gasteiger partial charge in [-0.05, 0) is 29.7 Å². The number of Topliss-reactive ketones (excluding diaryl/α,β-unsaturated/α-hetero) is 1. The van der Waals surface area contributed by atoms with Gasteiger partial charge in [-0.25, -0.2) is 8.78 Å². The maximum atomic E-state index is 13.1. The van der Waals surface area contributed by atoms with Crippen molar-refractivity contribution < 1.29 is 13.6 Å². The second-order valence-corrected chi connectivity index (χ2v) is 6.11. The fourth-order valence-electron chi connectivity index (χ4n) is 1.85. The molecular formula is C17H16F2OS. The lowest BCUT2D eigenvalue weighted by atomic mass is 10.0. The SMILES string of the molecule is CC(C)c1ccc(C(=O)CSc2ccc(F)c(F)c2)cc1. The summed E-state index contributed by atoms with van der Waals surface area (Å²) in [5.74, 6) is -1.18. The number of halogens is 2. The minimum absolute atomic E-state index is 0.0277. The Hall–Kier alpha value is -1.68. The van der Waals surface area contributed by atoms with Gasteiger partial charge in [-0.2, -0.15) is 0 Å². The van der Waals surface area contributed by atoms with E-state index in [0.717, 1.165) is 12.1 Å². The Bertz CT molecular complexity index is 636. The van der Waals surface area contributed by atoms with Gasteiger partial charge in [0, 0.05) is 10.5 Å². The maximum absolute atomic E-state index is 13.1. The molecule has 21 heavy (non-hydrogen) atoms. The maximum Gasteiger partial charge on any atom is 0.173 e. The second-order valence-electron chi connectivity index (χ2n) is 5.06. The highest BCUT2D eigenvalue weighted by molar-refractivity contribution is 8.00. The topological polar surface area (TPSA) is 17.1 Å². The molecular weight excluding hydrogens is 290 g/mol. The van der Waals surface area contributed by atoms with E-state index in [9.17, 15) is 13.6 Å². The van der Waals surface area contributed by atoms with Crippen molar-refractivity contribution in [2.75, 3.05) is 5.75 Å². The van der Waals surface area contributed by atoms with E-state index >= 15 is 0 Å². The van der Waals surface area contributed by atoms with Gasteiger partial charge in [-0.3, -0.25) is 4.79 Å². The summed E-state index contributed by atoms with van der Waals surface area (Å²) in [7, 11) is 0. The first-order chi connectivity index (χ1) is 9.97. The summed E-state index contributed by atoms with van der Waals surface area (Å²) in [5.41, 5.74) is 1.81. The zero-order valence-corrected chi connectivity index (χ0v) is 12.7. The monoisotopic (exact) mass is 306 g/mol. The summed E-state index contributed by atoms with van der Waals surface area (Å²) in [6.07, 6.45) is 0. The van der Waals surface area contributed by atoms with Gasteiger partial charge < -0.3 is 0 Å². The molecule has 2 aromatic rings. The lowest BCUT2D eigenvalue weighted by Crippen LogP contribution is -2.02. The third-order valence-corrected chi connectivity index (χ3v) is 4.15. The summed E-state index contributed by atoms with van der Waals surface area (Å²) in [6, 6.07) is 11.2. The molecule has 4 heteroatoms. The van der Waals surface area contributed by atoms with Gasteiger partial charge in [0.25, 0.3) is 0 Å². The largest absolute Gasteiger partial charge is 0.293 e. The van der Waals surface area contributed by atoms with E-state index < -0.39 is 11.6 Å². The average Bonchev–Trinajstić information content (AvgIpc) is 2.48. The van der Waals surface area contributed by atoms with E-state index in [2.05, 4.69) is 13.8 Å². The summed E-state index contributed by atoms with van der Waals surface area (Å²) < 4.78 is 25.9. The Morgan fingerprint density at radius 1 is 1.05 bits per heavy atom. The van der Waals surface area contributed by atoms with Crippen LogP contribution < -0.4 is 0 Å². The molecule has 0 amide bonds. The van der Waals surface area contributed by atoms with Crippen LogP contribution in [0.3, 0.4) is 0 Å². The number of hydrogen-bond acceptors (Lipinski definition) is 2. The van der Waals surface area contributed by atoms with Crippen LogP contribution in [0.25, 0.3) is 0 Å².